The first-order valence-corrected chi connectivity index (χ1v) is 9.54. The number of imidazole rings is 1. The third-order valence-electron chi connectivity index (χ3n) is 4.55. The minimum absolute atomic E-state index is 0.224. The molecule has 0 saturated carbocycles. The van der Waals surface area contributed by atoms with E-state index >= 15 is 0 Å². The van der Waals surface area contributed by atoms with Crippen molar-refractivity contribution in [2.75, 3.05) is 18.8 Å². The molecule has 4 nitrogen and oxygen atoms in total. The first kappa shape index (κ1) is 17.1. The largest absolute Gasteiger partial charge is 0.342 e. The molecule has 1 atom stereocenters. The van der Waals surface area contributed by atoms with Gasteiger partial charge in [0.25, 0.3) is 0 Å². The van der Waals surface area contributed by atoms with Gasteiger partial charge in [-0.15, -0.1) is 0 Å². The molecule has 1 aliphatic heterocycles. The molecule has 2 heterocycles. The fraction of sp³-hybridized carbons (Fsp3) is 0.474. The summed E-state index contributed by atoms with van der Waals surface area (Å²) in [6.07, 6.45) is 6.12. The van der Waals surface area contributed by atoms with Crippen molar-refractivity contribution in [2.45, 2.75) is 38.8 Å². The number of likely N-dealkylation sites (tertiary alicyclic amines) is 1. The summed E-state index contributed by atoms with van der Waals surface area (Å²) >= 11 is 1.53. The zero-order chi connectivity index (χ0) is 17.1. The second-order valence-corrected chi connectivity index (χ2v) is 7.69. The number of benzene rings is 1. The van der Waals surface area contributed by atoms with Crippen LogP contribution >= 0.6 is 11.8 Å². The second-order valence-electron chi connectivity index (χ2n) is 6.75. The lowest BCUT2D eigenvalue weighted by molar-refractivity contribution is -0.130. The Morgan fingerprint density at radius 2 is 2.21 bits per heavy atom. The Labute approximate surface area is 148 Å². The van der Waals surface area contributed by atoms with Crippen LogP contribution in [0.4, 0.5) is 0 Å². The summed E-state index contributed by atoms with van der Waals surface area (Å²) in [5, 5.41) is 0.875. The first-order chi connectivity index (χ1) is 11.5. The van der Waals surface area contributed by atoms with E-state index < -0.39 is 0 Å². The highest BCUT2D eigenvalue weighted by Crippen LogP contribution is 2.24. The van der Waals surface area contributed by atoms with Crippen molar-refractivity contribution in [1.82, 2.24) is 14.5 Å². The predicted octanol–water partition coefficient (Wildman–Crippen LogP) is 3.84. The summed E-state index contributed by atoms with van der Waals surface area (Å²) < 4.78 is 2.07. The lowest BCUT2D eigenvalue weighted by Crippen LogP contribution is -2.40. The van der Waals surface area contributed by atoms with Gasteiger partial charge >= 0.3 is 0 Å². The van der Waals surface area contributed by atoms with Crippen LogP contribution in [0.1, 0.15) is 30.9 Å². The van der Waals surface area contributed by atoms with Gasteiger partial charge in [-0.05, 0) is 44.2 Å². The van der Waals surface area contributed by atoms with Crippen molar-refractivity contribution in [3.63, 3.8) is 0 Å². The molecule has 0 radical (unpaired) electrons. The molecule has 0 unspecified atom stereocenters. The van der Waals surface area contributed by atoms with Crippen LogP contribution in [-0.4, -0.2) is 39.2 Å². The maximum atomic E-state index is 12.5. The van der Waals surface area contributed by atoms with Gasteiger partial charge in [0.15, 0.2) is 5.16 Å². The minimum atomic E-state index is 0.224. The summed E-state index contributed by atoms with van der Waals surface area (Å²) in [5.41, 5.74) is 3.59. The van der Waals surface area contributed by atoms with Gasteiger partial charge in [0.2, 0.25) is 5.91 Å². The molecule has 1 aliphatic rings. The average Bonchev–Trinajstić information content (AvgIpc) is 3.01. The Balaban J connectivity index is 1.68. The third-order valence-corrected chi connectivity index (χ3v) is 5.50. The molecule has 0 aliphatic carbocycles. The molecule has 0 bridgehead atoms. The van der Waals surface area contributed by atoms with E-state index in [-0.39, 0.29) is 5.91 Å². The average molecular weight is 343 g/mol. The SMILES string of the molecule is Cc1ccc(-n2ccnc2SCC(=O)N2CCC[C@H](C)C2)c(C)c1. The zero-order valence-corrected chi connectivity index (χ0v) is 15.5. The van der Waals surface area contributed by atoms with Crippen LogP contribution in [0.3, 0.4) is 0 Å². The minimum Gasteiger partial charge on any atom is -0.342 e. The van der Waals surface area contributed by atoms with Crippen LogP contribution < -0.4 is 0 Å². The highest BCUT2D eigenvalue weighted by Gasteiger charge is 2.21. The fourth-order valence-corrected chi connectivity index (χ4v) is 4.16. The van der Waals surface area contributed by atoms with Crippen LogP contribution in [0, 0.1) is 19.8 Å². The number of piperidine rings is 1. The number of carbonyl (C=O) groups is 1. The van der Waals surface area contributed by atoms with E-state index in [1.54, 1.807) is 6.20 Å². The van der Waals surface area contributed by atoms with Gasteiger partial charge in [-0.3, -0.25) is 9.36 Å². The van der Waals surface area contributed by atoms with E-state index in [2.05, 4.69) is 48.5 Å². The van der Waals surface area contributed by atoms with Crippen molar-refractivity contribution in [2.24, 2.45) is 5.92 Å². The molecule has 2 aromatic rings. The van der Waals surface area contributed by atoms with Gasteiger partial charge < -0.3 is 4.90 Å². The van der Waals surface area contributed by atoms with Crippen molar-refractivity contribution in [3.8, 4) is 5.69 Å². The lowest BCUT2D eigenvalue weighted by atomic mass is 10.0. The van der Waals surface area contributed by atoms with Gasteiger partial charge in [-0.2, -0.15) is 0 Å². The molecule has 1 saturated heterocycles. The third kappa shape index (κ3) is 3.83. The van der Waals surface area contributed by atoms with E-state index in [1.165, 1.54) is 29.3 Å². The van der Waals surface area contributed by atoms with Gasteiger partial charge in [0.1, 0.15) is 0 Å². The second kappa shape index (κ2) is 7.43. The Morgan fingerprint density at radius 3 is 2.96 bits per heavy atom. The van der Waals surface area contributed by atoms with E-state index in [0.29, 0.717) is 11.7 Å². The van der Waals surface area contributed by atoms with E-state index in [0.717, 1.165) is 30.4 Å². The maximum Gasteiger partial charge on any atom is 0.233 e. The molecule has 128 valence electrons. The van der Waals surface area contributed by atoms with Crippen LogP contribution in [0.5, 0.6) is 0 Å². The molecule has 5 heteroatoms. The van der Waals surface area contributed by atoms with Crippen molar-refractivity contribution in [1.29, 1.82) is 0 Å². The van der Waals surface area contributed by atoms with Gasteiger partial charge in [0, 0.05) is 25.5 Å². The number of aryl methyl sites for hydroxylation is 2. The molecule has 1 fully saturated rings. The zero-order valence-electron chi connectivity index (χ0n) is 14.7. The Bertz CT molecular complexity index is 725. The van der Waals surface area contributed by atoms with Crippen LogP contribution in [0.25, 0.3) is 5.69 Å². The summed E-state index contributed by atoms with van der Waals surface area (Å²) in [6.45, 7) is 8.22. The lowest BCUT2D eigenvalue weighted by Gasteiger charge is -2.30. The number of nitrogens with zero attached hydrogens (tertiary/aromatic N) is 3. The predicted molar refractivity (Wildman–Crippen MR) is 98.7 cm³/mol. The van der Waals surface area contributed by atoms with Gasteiger partial charge in [0.05, 0.1) is 11.4 Å². The number of hydrogen-bond donors (Lipinski definition) is 0. The highest BCUT2D eigenvalue weighted by atomic mass is 32.2. The molecule has 1 amide bonds. The normalized spacial score (nSPS) is 18.0. The van der Waals surface area contributed by atoms with Gasteiger partial charge in [-0.25, -0.2) is 4.98 Å². The molecule has 1 aromatic heterocycles. The Hall–Kier alpha value is -1.75. The van der Waals surface area contributed by atoms with Crippen LogP contribution in [0.15, 0.2) is 35.7 Å². The first-order valence-electron chi connectivity index (χ1n) is 8.56. The smallest absolute Gasteiger partial charge is 0.233 e. The molecule has 24 heavy (non-hydrogen) atoms. The summed E-state index contributed by atoms with van der Waals surface area (Å²) in [6, 6.07) is 6.39. The monoisotopic (exact) mass is 343 g/mol. The van der Waals surface area contributed by atoms with E-state index in [4.69, 9.17) is 0 Å². The standard InChI is InChI=1S/C19H25N3OS/c1-14-6-7-17(16(3)11-14)22-10-8-20-19(22)24-13-18(23)21-9-4-5-15(2)12-21/h6-8,10-11,15H,4-5,9,12-13H2,1-3H3/t15-/m0/s1. The number of rotatable bonds is 4. The quantitative estimate of drug-likeness (QED) is 0.792. The Morgan fingerprint density at radius 1 is 1.38 bits per heavy atom. The molecule has 1 aromatic carbocycles. The van der Waals surface area contributed by atoms with Crippen LogP contribution in [0.2, 0.25) is 0 Å². The topological polar surface area (TPSA) is 38.1 Å². The number of hydrogen-bond acceptors (Lipinski definition) is 3. The highest BCUT2D eigenvalue weighted by molar-refractivity contribution is 7.99. The summed E-state index contributed by atoms with van der Waals surface area (Å²) in [4.78, 5) is 18.9. The van der Waals surface area contributed by atoms with E-state index in [1.807, 2.05) is 11.1 Å². The molecule has 3 rings (SSSR count). The molecule has 0 N–H and O–H groups in total. The van der Waals surface area contributed by atoms with Crippen molar-refractivity contribution >= 4 is 17.7 Å². The number of thioether (sulfide) groups is 1. The van der Waals surface area contributed by atoms with Gasteiger partial charge in [-0.1, -0.05) is 36.4 Å². The number of amides is 1. The van der Waals surface area contributed by atoms with Crippen molar-refractivity contribution < 1.29 is 4.79 Å². The maximum absolute atomic E-state index is 12.5. The Kier molecular flexibility index (Phi) is 5.29. The fourth-order valence-electron chi connectivity index (χ4n) is 3.29. The number of aromatic nitrogens is 2. The number of carbonyl (C=O) groups excluding carboxylic acids is 1. The molecule has 0 spiro atoms. The molecular weight excluding hydrogens is 318 g/mol. The molecular formula is C19H25N3OS. The van der Waals surface area contributed by atoms with Crippen molar-refractivity contribution in [3.05, 3.63) is 41.7 Å². The van der Waals surface area contributed by atoms with Crippen LogP contribution in [-0.2, 0) is 4.79 Å². The van der Waals surface area contributed by atoms with E-state index in [9.17, 15) is 4.79 Å². The summed E-state index contributed by atoms with van der Waals surface area (Å²) in [5.74, 6) is 1.29. The summed E-state index contributed by atoms with van der Waals surface area (Å²) in [7, 11) is 0.